The lowest BCUT2D eigenvalue weighted by atomic mass is 10.2. The van der Waals surface area contributed by atoms with E-state index in [2.05, 4.69) is 26.3 Å². The molecule has 3 aromatic rings. The fraction of sp³-hybridized carbons (Fsp3) is 0.0556. The molecule has 0 aliphatic carbocycles. The van der Waals surface area contributed by atoms with Gasteiger partial charge < -0.3 is 10.1 Å². The zero-order valence-corrected chi connectivity index (χ0v) is 15.2. The van der Waals surface area contributed by atoms with Gasteiger partial charge in [0.2, 0.25) is 0 Å². The molecular weight excluding hydrogens is 405 g/mol. The van der Waals surface area contributed by atoms with Gasteiger partial charge in [-0.05, 0) is 48.5 Å². The number of nitrogens with zero attached hydrogens (tertiary/aromatic N) is 2. The van der Waals surface area contributed by atoms with E-state index in [1.807, 2.05) is 0 Å². The van der Waals surface area contributed by atoms with Gasteiger partial charge in [-0.15, -0.1) is 0 Å². The summed E-state index contributed by atoms with van der Waals surface area (Å²) in [5, 5.41) is 6.78. The van der Waals surface area contributed by atoms with Crippen LogP contribution in [0.5, 0.6) is 5.75 Å². The zero-order chi connectivity index (χ0) is 18.7. The minimum absolute atomic E-state index is 0.0444. The van der Waals surface area contributed by atoms with E-state index in [1.54, 1.807) is 24.3 Å². The number of hydrogen-bond acceptors (Lipinski definition) is 4. The third-order valence-electron chi connectivity index (χ3n) is 3.50. The van der Waals surface area contributed by atoms with Gasteiger partial charge in [-0.3, -0.25) is 9.59 Å². The lowest BCUT2D eigenvalue weighted by Gasteiger charge is -2.11. The standard InChI is InChI=1S/C18H13BrFN3O3/c1-26-15-10-16(24)23(14-8-4-12(20)5-9-14)22-17(15)18(25)21-13-6-2-11(19)3-7-13/h2-10H,1H3,(H,21,25). The first-order chi connectivity index (χ1) is 12.5. The highest BCUT2D eigenvalue weighted by Gasteiger charge is 2.18. The van der Waals surface area contributed by atoms with Gasteiger partial charge >= 0.3 is 0 Å². The van der Waals surface area contributed by atoms with E-state index < -0.39 is 17.3 Å². The van der Waals surface area contributed by atoms with E-state index in [0.29, 0.717) is 11.4 Å². The van der Waals surface area contributed by atoms with Crippen LogP contribution in [0.1, 0.15) is 10.5 Å². The Bertz CT molecular complexity index is 1000. The van der Waals surface area contributed by atoms with Gasteiger partial charge in [0.15, 0.2) is 11.4 Å². The summed E-state index contributed by atoms with van der Waals surface area (Å²) >= 11 is 3.32. The van der Waals surface area contributed by atoms with Crippen molar-refractivity contribution in [3.05, 3.63) is 80.9 Å². The number of carbonyl (C=O) groups is 1. The van der Waals surface area contributed by atoms with Crippen molar-refractivity contribution in [2.75, 3.05) is 12.4 Å². The zero-order valence-electron chi connectivity index (χ0n) is 13.6. The Balaban J connectivity index is 2.00. The van der Waals surface area contributed by atoms with Gasteiger partial charge in [-0.1, -0.05) is 15.9 Å². The number of benzene rings is 2. The molecule has 132 valence electrons. The van der Waals surface area contributed by atoms with Crippen LogP contribution in [0.2, 0.25) is 0 Å². The predicted molar refractivity (Wildman–Crippen MR) is 98.4 cm³/mol. The first kappa shape index (κ1) is 17.8. The van der Waals surface area contributed by atoms with Crippen molar-refractivity contribution >= 4 is 27.5 Å². The Morgan fingerprint density at radius 3 is 2.42 bits per heavy atom. The highest BCUT2D eigenvalue weighted by molar-refractivity contribution is 9.10. The van der Waals surface area contributed by atoms with Crippen LogP contribution < -0.4 is 15.6 Å². The minimum atomic E-state index is -0.542. The van der Waals surface area contributed by atoms with Crippen LogP contribution in [0.4, 0.5) is 10.1 Å². The quantitative estimate of drug-likeness (QED) is 0.705. The van der Waals surface area contributed by atoms with Crippen molar-refractivity contribution in [3.63, 3.8) is 0 Å². The molecule has 0 aliphatic heterocycles. The van der Waals surface area contributed by atoms with Crippen LogP contribution in [0, 0.1) is 5.82 Å². The molecule has 0 bridgehead atoms. The van der Waals surface area contributed by atoms with Crippen LogP contribution in [0.25, 0.3) is 5.69 Å². The number of rotatable bonds is 4. The van der Waals surface area contributed by atoms with E-state index in [1.165, 1.54) is 31.4 Å². The average molecular weight is 418 g/mol. The number of aromatic nitrogens is 2. The first-order valence-electron chi connectivity index (χ1n) is 7.49. The number of ether oxygens (including phenoxy) is 1. The number of hydrogen-bond donors (Lipinski definition) is 1. The molecule has 6 nitrogen and oxygen atoms in total. The molecule has 8 heteroatoms. The van der Waals surface area contributed by atoms with Crippen molar-refractivity contribution < 1.29 is 13.9 Å². The Kier molecular flexibility index (Phi) is 5.13. The van der Waals surface area contributed by atoms with E-state index in [4.69, 9.17) is 4.74 Å². The second-order valence-electron chi connectivity index (χ2n) is 5.25. The number of amides is 1. The van der Waals surface area contributed by atoms with Crippen molar-refractivity contribution in [2.45, 2.75) is 0 Å². The summed E-state index contributed by atoms with van der Waals surface area (Å²) in [7, 11) is 1.34. The Hall–Kier alpha value is -3.00. The third kappa shape index (κ3) is 3.80. The predicted octanol–water partition coefficient (Wildman–Crippen LogP) is 3.40. The molecule has 3 rings (SSSR count). The van der Waals surface area contributed by atoms with Crippen LogP contribution in [0.15, 0.2) is 63.9 Å². The van der Waals surface area contributed by atoms with Gasteiger partial charge in [-0.25, -0.2) is 4.39 Å². The number of methoxy groups -OCH3 is 1. The molecule has 1 aromatic heterocycles. The topological polar surface area (TPSA) is 73.2 Å². The minimum Gasteiger partial charge on any atom is -0.494 e. The van der Waals surface area contributed by atoms with Crippen LogP contribution in [0.3, 0.4) is 0 Å². The highest BCUT2D eigenvalue weighted by Crippen LogP contribution is 2.18. The van der Waals surface area contributed by atoms with Crippen molar-refractivity contribution in [1.82, 2.24) is 9.78 Å². The number of carbonyl (C=O) groups excluding carboxylic acids is 1. The number of nitrogens with one attached hydrogen (secondary N) is 1. The van der Waals surface area contributed by atoms with E-state index in [0.717, 1.165) is 15.2 Å². The molecule has 1 heterocycles. The Morgan fingerprint density at radius 2 is 1.81 bits per heavy atom. The second-order valence-corrected chi connectivity index (χ2v) is 6.16. The fourth-order valence-electron chi connectivity index (χ4n) is 2.24. The Morgan fingerprint density at radius 1 is 1.15 bits per heavy atom. The highest BCUT2D eigenvalue weighted by atomic mass is 79.9. The Labute approximate surface area is 156 Å². The van der Waals surface area contributed by atoms with E-state index in [9.17, 15) is 14.0 Å². The molecule has 0 saturated heterocycles. The molecule has 0 saturated carbocycles. The normalized spacial score (nSPS) is 10.4. The molecular formula is C18H13BrFN3O3. The van der Waals surface area contributed by atoms with Crippen LogP contribution in [-0.4, -0.2) is 22.8 Å². The van der Waals surface area contributed by atoms with Gasteiger partial charge in [0.1, 0.15) is 5.82 Å². The SMILES string of the molecule is COc1cc(=O)n(-c2ccc(F)cc2)nc1C(=O)Nc1ccc(Br)cc1. The van der Waals surface area contributed by atoms with Crippen LogP contribution in [-0.2, 0) is 0 Å². The summed E-state index contributed by atoms with van der Waals surface area (Å²) in [6, 6.07) is 13.3. The summed E-state index contributed by atoms with van der Waals surface area (Å²) in [5.41, 5.74) is 0.311. The molecule has 26 heavy (non-hydrogen) atoms. The largest absolute Gasteiger partial charge is 0.494 e. The number of anilines is 1. The molecule has 0 spiro atoms. The van der Waals surface area contributed by atoms with Gasteiger partial charge in [-0.2, -0.15) is 9.78 Å². The molecule has 0 fully saturated rings. The van der Waals surface area contributed by atoms with Gasteiger partial charge in [0.05, 0.1) is 18.9 Å². The summed E-state index contributed by atoms with van der Waals surface area (Å²) in [6.07, 6.45) is 0. The molecule has 0 unspecified atom stereocenters. The van der Waals surface area contributed by atoms with E-state index in [-0.39, 0.29) is 11.4 Å². The lowest BCUT2D eigenvalue weighted by molar-refractivity contribution is 0.101. The summed E-state index contributed by atoms with van der Waals surface area (Å²) < 4.78 is 20.1. The molecule has 0 atom stereocenters. The maximum absolute atomic E-state index is 13.1. The molecule has 0 radical (unpaired) electrons. The van der Waals surface area contributed by atoms with Crippen molar-refractivity contribution in [2.24, 2.45) is 0 Å². The van der Waals surface area contributed by atoms with Crippen LogP contribution >= 0.6 is 15.9 Å². The molecule has 2 aromatic carbocycles. The fourth-order valence-corrected chi connectivity index (χ4v) is 2.51. The third-order valence-corrected chi connectivity index (χ3v) is 4.03. The summed E-state index contributed by atoms with van der Waals surface area (Å²) in [4.78, 5) is 24.8. The summed E-state index contributed by atoms with van der Waals surface area (Å²) in [5.74, 6) is -0.938. The summed E-state index contributed by atoms with van der Waals surface area (Å²) in [6.45, 7) is 0. The smallest absolute Gasteiger partial charge is 0.279 e. The monoisotopic (exact) mass is 417 g/mol. The number of halogens is 2. The lowest BCUT2D eigenvalue weighted by Crippen LogP contribution is -2.26. The molecule has 1 amide bonds. The van der Waals surface area contributed by atoms with Gasteiger partial charge in [0, 0.05) is 10.2 Å². The average Bonchev–Trinajstić information content (AvgIpc) is 2.64. The van der Waals surface area contributed by atoms with Crippen molar-refractivity contribution in [3.8, 4) is 11.4 Å². The molecule has 1 N–H and O–H groups in total. The molecule has 0 aliphatic rings. The second kappa shape index (κ2) is 7.49. The maximum atomic E-state index is 13.1. The van der Waals surface area contributed by atoms with Crippen molar-refractivity contribution in [1.29, 1.82) is 0 Å². The maximum Gasteiger partial charge on any atom is 0.279 e. The van der Waals surface area contributed by atoms with E-state index >= 15 is 0 Å². The first-order valence-corrected chi connectivity index (χ1v) is 8.28. The van der Waals surface area contributed by atoms with Gasteiger partial charge in [0.25, 0.3) is 11.5 Å².